The molecule has 1 aromatic carbocycles. The first-order valence-corrected chi connectivity index (χ1v) is 6.72. The lowest BCUT2D eigenvalue weighted by Gasteiger charge is -2.33. The molecule has 1 fully saturated rings. The first kappa shape index (κ1) is 13.9. The number of aliphatic carboxylic acids is 1. The van der Waals surface area contributed by atoms with Gasteiger partial charge in [0.25, 0.3) is 0 Å². The number of hydrogen-bond acceptors (Lipinski definition) is 2. The second-order valence-electron chi connectivity index (χ2n) is 4.74. The first-order chi connectivity index (χ1) is 9.08. The molecule has 0 aliphatic carbocycles. The molecule has 1 saturated heterocycles. The van der Waals surface area contributed by atoms with E-state index in [9.17, 15) is 9.59 Å². The molecule has 1 N–H and O–H groups in total. The van der Waals surface area contributed by atoms with E-state index in [1.54, 1.807) is 18.2 Å². The summed E-state index contributed by atoms with van der Waals surface area (Å²) in [5, 5.41) is 9.73. The van der Waals surface area contributed by atoms with Gasteiger partial charge in [-0.1, -0.05) is 23.7 Å². The largest absolute Gasteiger partial charge is 0.480 e. The number of rotatable bonds is 3. The molecule has 102 valence electrons. The topological polar surface area (TPSA) is 57.6 Å². The normalized spacial score (nSPS) is 19.2. The number of amides is 1. The molecule has 0 bridgehead atoms. The van der Waals surface area contributed by atoms with Crippen molar-refractivity contribution in [1.29, 1.82) is 0 Å². The van der Waals surface area contributed by atoms with Crippen LogP contribution in [0.25, 0.3) is 0 Å². The number of benzene rings is 1. The van der Waals surface area contributed by atoms with Crippen LogP contribution in [0.2, 0.25) is 5.02 Å². The van der Waals surface area contributed by atoms with Crippen molar-refractivity contribution in [1.82, 2.24) is 4.90 Å². The zero-order valence-corrected chi connectivity index (χ0v) is 11.3. The molecule has 0 spiro atoms. The van der Waals surface area contributed by atoms with Crippen molar-refractivity contribution in [2.75, 3.05) is 6.54 Å². The average Bonchev–Trinajstić information content (AvgIpc) is 2.38. The molecule has 0 saturated carbocycles. The summed E-state index contributed by atoms with van der Waals surface area (Å²) in [5.74, 6) is -1.06. The highest BCUT2D eigenvalue weighted by Crippen LogP contribution is 2.19. The van der Waals surface area contributed by atoms with Gasteiger partial charge in [0.15, 0.2) is 0 Å². The summed E-state index contributed by atoms with van der Waals surface area (Å²) in [6, 6.07) is 6.41. The van der Waals surface area contributed by atoms with Crippen LogP contribution in [0, 0.1) is 0 Å². The highest BCUT2D eigenvalue weighted by molar-refractivity contribution is 6.30. The molecule has 1 aliphatic rings. The van der Waals surface area contributed by atoms with E-state index in [0.717, 1.165) is 18.4 Å². The molecule has 0 aromatic heterocycles. The van der Waals surface area contributed by atoms with Crippen molar-refractivity contribution >= 4 is 23.5 Å². The molecule has 1 aliphatic heterocycles. The minimum Gasteiger partial charge on any atom is -0.480 e. The van der Waals surface area contributed by atoms with E-state index < -0.39 is 12.0 Å². The number of carboxylic acids is 1. The number of piperidine rings is 1. The summed E-state index contributed by atoms with van der Waals surface area (Å²) in [6.07, 6.45) is 2.46. The highest BCUT2D eigenvalue weighted by atomic mass is 35.5. The fourth-order valence-corrected chi connectivity index (χ4v) is 2.62. The van der Waals surface area contributed by atoms with Gasteiger partial charge in [-0.2, -0.15) is 0 Å². The lowest BCUT2D eigenvalue weighted by molar-refractivity contribution is -0.151. The van der Waals surface area contributed by atoms with Gasteiger partial charge < -0.3 is 10.0 Å². The maximum Gasteiger partial charge on any atom is 0.326 e. The third-order valence-electron chi connectivity index (χ3n) is 3.35. The van der Waals surface area contributed by atoms with Gasteiger partial charge in [0.05, 0.1) is 6.42 Å². The molecule has 0 unspecified atom stereocenters. The van der Waals surface area contributed by atoms with Crippen LogP contribution in [0.4, 0.5) is 0 Å². The van der Waals surface area contributed by atoms with E-state index in [4.69, 9.17) is 16.7 Å². The quantitative estimate of drug-likeness (QED) is 0.925. The Labute approximate surface area is 117 Å². The highest BCUT2D eigenvalue weighted by Gasteiger charge is 2.31. The molecule has 1 aromatic rings. The summed E-state index contributed by atoms with van der Waals surface area (Å²) in [7, 11) is 0. The Morgan fingerprint density at radius 3 is 2.84 bits per heavy atom. The number of carbonyl (C=O) groups is 2. The molecule has 0 radical (unpaired) electrons. The van der Waals surface area contributed by atoms with Gasteiger partial charge in [-0.05, 0) is 37.0 Å². The number of likely N-dealkylation sites (tertiary alicyclic amines) is 1. The van der Waals surface area contributed by atoms with Crippen molar-refractivity contribution in [2.45, 2.75) is 31.7 Å². The van der Waals surface area contributed by atoms with E-state index in [-0.39, 0.29) is 12.3 Å². The fraction of sp³-hybridized carbons (Fsp3) is 0.429. The molecule has 1 atom stereocenters. The first-order valence-electron chi connectivity index (χ1n) is 6.34. The van der Waals surface area contributed by atoms with Gasteiger partial charge >= 0.3 is 5.97 Å². The molecule has 2 rings (SSSR count). The van der Waals surface area contributed by atoms with Crippen LogP contribution >= 0.6 is 11.6 Å². The predicted molar refractivity (Wildman–Crippen MR) is 72.1 cm³/mol. The fourth-order valence-electron chi connectivity index (χ4n) is 2.41. The van der Waals surface area contributed by atoms with Gasteiger partial charge in [0, 0.05) is 11.6 Å². The Hall–Kier alpha value is -1.55. The minimum atomic E-state index is -0.917. The van der Waals surface area contributed by atoms with Gasteiger partial charge in [-0.3, -0.25) is 4.79 Å². The van der Waals surface area contributed by atoms with Gasteiger partial charge in [-0.25, -0.2) is 4.79 Å². The summed E-state index contributed by atoms with van der Waals surface area (Å²) in [6.45, 7) is 0.524. The van der Waals surface area contributed by atoms with E-state index >= 15 is 0 Å². The Balaban J connectivity index is 2.07. The summed E-state index contributed by atoms with van der Waals surface area (Å²) in [4.78, 5) is 24.9. The Morgan fingerprint density at radius 2 is 2.16 bits per heavy atom. The molecular formula is C14H16ClNO3. The number of hydrogen-bond donors (Lipinski definition) is 1. The van der Waals surface area contributed by atoms with Crippen LogP contribution in [0.5, 0.6) is 0 Å². The monoisotopic (exact) mass is 281 g/mol. The standard InChI is InChI=1S/C14H16ClNO3/c15-11-5-3-4-10(8-11)9-13(17)16-7-2-1-6-12(16)14(18)19/h3-5,8,12H,1-2,6-7,9H2,(H,18,19)/t12-/m1/s1. The van der Waals surface area contributed by atoms with Crippen molar-refractivity contribution < 1.29 is 14.7 Å². The number of carboxylic acid groups (broad SMARTS) is 1. The summed E-state index contributed by atoms with van der Waals surface area (Å²) >= 11 is 5.87. The molecule has 19 heavy (non-hydrogen) atoms. The van der Waals surface area contributed by atoms with Crippen LogP contribution in [-0.2, 0) is 16.0 Å². The van der Waals surface area contributed by atoms with Crippen molar-refractivity contribution in [3.63, 3.8) is 0 Å². The maximum absolute atomic E-state index is 12.2. The lowest BCUT2D eigenvalue weighted by atomic mass is 10.0. The van der Waals surface area contributed by atoms with Crippen molar-refractivity contribution in [3.8, 4) is 0 Å². The Bertz CT molecular complexity index is 489. The Morgan fingerprint density at radius 1 is 1.37 bits per heavy atom. The number of nitrogens with zero attached hydrogens (tertiary/aromatic N) is 1. The van der Waals surface area contributed by atoms with Gasteiger partial charge in [0.1, 0.15) is 6.04 Å². The molecule has 1 heterocycles. The average molecular weight is 282 g/mol. The summed E-state index contributed by atoms with van der Waals surface area (Å²) < 4.78 is 0. The number of halogens is 1. The Kier molecular flexibility index (Phi) is 4.43. The van der Waals surface area contributed by atoms with Crippen LogP contribution < -0.4 is 0 Å². The van der Waals surface area contributed by atoms with E-state index in [2.05, 4.69) is 0 Å². The second kappa shape index (κ2) is 6.06. The molecule has 1 amide bonds. The van der Waals surface area contributed by atoms with E-state index in [1.807, 2.05) is 6.07 Å². The lowest BCUT2D eigenvalue weighted by Crippen LogP contribution is -2.48. The zero-order chi connectivity index (χ0) is 13.8. The SMILES string of the molecule is O=C(O)[C@H]1CCCCN1C(=O)Cc1cccc(Cl)c1. The third kappa shape index (κ3) is 3.47. The minimum absolute atomic E-state index is 0.144. The molecule has 5 heteroatoms. The predicted octanol–water partition coefficient (Wildman–Crippen LogP) is 2.35. The van der Waals surface area contributed by atoms with E-state index in [0.29, 0.717) is 18.0 Å². The van der Waals surface area contributed by atoms with Crippen LogP contribution in [0.3, 0.4) is 0 Å². The van der Waals surface area contributed by atoms with Crippen LogP contribution in [-0.4, -0.2) is 34.5 Å². The van der Waals surface area contributed by atoms with Crippen LogP contribution in [0.1, 0.15) is 24.8 Å². The van der Waals surface area contributed by atoms with Gasteiger partial charge in [0.2, 0.25) is 5.91 Å². The van der Waals surface area contributed by atoms with Crippen LogP contribution in [0.15, 0.2) is 24.3 Å². The zero-order valence-electron chi connectivity index (χ0n) is 10.5. The smallest absolute Gasteiger partial charge is 0.326 e. The maximum atomic E-state index is 12.2. The molecular weight excluding hydrogens is 266 g/mol. The van der Waals surface area contributed by atoms with Crippen molar-refractivity contribution in [3.05, 3.63) is 34.9 Å². The summed E-state index contributed by atoms with van der Waals surface area (Å²) in [5.41, 5.74) is 0.812. The second-order valence-corrected chi connectivity index (χ2v) is 5.18. The van der Waals surface area contributed by atoms with E-state index in [1.165, 1.54) is 4.90 Å². The van der Waals surface area contributed by atoms with Crippen molar-refractivity contribution in [2.24, 2.45) is 0 Å². The van der Waals surface area contributed by atoms with Gasteiger partial charge in [-0.15, -0.1) is 0 Å². The molecule has 4 nitrogen and oxygen atoms in total. The number of carbonyl (C=O) groups excluding carboxylic acids is 1. The third-order valence-corrected chi connectivity index (χ3v) is 3.59.